The highest BCUT2D eigenvalue weighted by Gasteiger charge is 2.74. The summed E-state index contributed by atoms with van der Waals surface area (Å²) in [5, 5.41) is 15.8. The Labute approximate surface area is 277 Å². The number of H-pyrrole nitrogens is 1. The van der Waals surface area contributed by atoms with Crippen molar-refractivity contribution in [3.05, 3.63) is 66.8 Å². The van der Waals surface area contributed by atoms with Crippen LogP contribution in [0, 0.1) is 35.5 Å². The first-order valence-corrected chi connectivity index (χ1v) is 16.8. The van der Waals surface area contributed by atoms with E-state index in [-0.39, 0.29) is 36.6 Å². The van der Waals surface area contributed by atoms with Gasteiger partial charge in [0.2, 0.25) is 0 Å². The highest BCUT2D eigenvalue weighted by Crippen LogP contribution is 2.70. The molecule has 7 rings (SSSR count). The van der Waals surface area contributed by atoms with Crippen molar-refractivity contribution in [3.8, 4) is 0 Å². The number of aromatic nitrogens is 2. The number of carbonyl (C=O) groups excluding carboxylic acids is 2. The van der Waals surface area contributed by atoms with Crippen LogP contribution in [-0.2, 0) is 28.5 Å². The fourth-order valence-electron chi connectivity index (χ4n) is 10.3. The second-order valence-electron chi connectivity index (χ2n) is 15.4. The molecule has 1 aromatic rings. The Balaban J connectivity index is 1.13. The molecule has 2 saturated heterocycles. The maximum Gasteiger partial charge on any atom is 0.338 e. The summed E-state index contributed by atoms with van der Waals surface area (Å²) in [6.07, 6.45) is 6.68. The quantitative estimate of drug-likeness (QED) is 0.205. The minimum absolute atomic E-state index is 0.0133. The van der Waals surface area contributed by atoms with Gasteiger partial charge in [-0.3, -0.25) is 19.1 Å². The molecule has 2 aliphatic heterocycles. The zero-order valence-corrected chi connectivity index (χ0v) is 27.9. The average molecular weight is 666 g/mol. The van der Waals surface area contributed by atoms with Gasteiger partial charge in [0, 0.05) is 39.8 Å². The van der Waals surface area contributed by atoms with Gasteiger partial charge in [-0.1, -0.05) is 30.6 Å². The molecular formula is C34H43N5O9. The Kier molecular flexibility index (Phi) is 7.72. The van der Waals surface area contributed by atoms with E-state index >= 15 is 0 Å². The van der Waals surface area contributed by atoms with Crippen LogP contribution in [0.5, 0.6) is 0 Å². The van der Waals surface area contributed by atoms with Crippen molar-refractivity contribution < 1.29 is 33.6 Å². The van der Waals surface area contributed by atoms with Crippen molar-refractivity contribution in [1.82, 2.24) is 9.55 Å². The molecule has 4 aliphatic carbocycles. The molecule has 48 heavy (non-hydrogen) atoms. The van der Waals surface area contributed by atoms with E-state index in [1.54, 1.807) is 32.9 Å². The number of esters is 1. The summed E-state index contributed by atoms with van der Waals surface area (Å²) in [6.45, 7) is 9.08. The molecule has 3 heterocycles. The Hall–Kier alpha value is -3.55. The van der Waals surface area contributed by atoms with Gasteiger partial charge in [-0.25, -0.2) is 9.59 Å². The lowest BCUT2D eigenvalue weighted by atomic mass is 9.46. The molecule has 14 heteroatoms. The summed E-state index contributed by atoms with van der Waals surface area (Å²) in [5.74, 6) is -1.54. The number of rotatable bonds is 5. The smallest absolute Gasteiger partial charge is 0.338 e. The van der Waals surface area contributed by atoms with Crippen molar-refractivity contribution in [2.45, 2.75) is 115 Å². The van der Waals surface area contributed by atoms with Gasteiger partial charge in [0.25, 0.3) is 5.56 Å². The highest BCUT2D eigenvalue weighted by atomic mass is 16.8. The normalized spacial score (nSPS) is 42.5. The van der Waals surface area contributed by atoms with E-state index in [0.29, 0.717) is 18.4 Å². The van der Waals surface area contributed by atoms with Gasteiger partial charge in [-0.05, 0) is 82.4 Å². The van der Waals surface area contributed by atoms with Crippen LogP contribution in [0.3, 0.4) is 0 Å². The minimum Gasteiger partial charge on any atom is -0.461 e. The first-order chi connectivity index (χ1) is 22.6. The zero-order chi connectivity index (χ0) is 34.4. The summed E-state index contributed by atoms with van der Waals surface area (Å²) in [7, 11) is 0. The van der Waals surface area contributed by atoms with Crippen molar-refractivity contribution in [2.24, 2.45) is 33.7 Å². The molecular weight excluding hydrogens is 622 g/mol. The van der Waals surface area contributed by atoms with Crippen LogP contribution in [0.2, 0.25) is 0 Å². The van der Waals surface area contributed by atoms with E-state index in [9.17, 15) is 29.8 Å². The number of hydrogen-bond donors (Lipinski definition) is 2. The fraction of sp³-hybridized carbons (Fsp3) is 0.706. The molecule has 6 aliphatic rings. The number of azide groups is 1. The third-order valence-electron chi connectivity index (χ3n) is 12.4. The number of aryl methyl sites for hydroxylation is 1. The van der Waals surface area contributed by atoms with E-state index in [4.69, 9.17) is 18.9 Å². The first kappa shape index (κ1) is 33.0. The number of aromatic amines is 1. The first-order valence-electron chi connectivity index (χ1n) is 16.8. The number of carbonyl (C=O) groups is 2. The van der Waals surface area contributed by atoms with E-state index in [0.717, 1.165) is 24.8 Å². The number of ether oxygens (including phenoxy) is 4. The van der Waals surface area contributed by atoms with Gasteiger partial charge in [0.1, 0.15) is 24.5 Å². The molecule has 3 saturated carbocycles. The van der Waals surface area contributed by atoms with Crippen LogP contribution < -0.4 is 11.2 Å². The number of aliphatic hydroxyl groups is 1. The van der Waals surface area contributed by atoms with Crippen LogP contribution in [0.15, 0.2) is 44.7 Å². The molecule has 2 N–H and O–H groups in total. The largest absolute Gasteiger partial charge is 0.461 e. The summed E-state index contributed by atoms with van der Waals surface area (Å²) in [6, 6.07) is -0.743. The molecule has 11 atom stereocenters. The standard InChI is InChI=1S/C34H43N5O9/c1-17-15-39(30(44)36-28(17)42)25-13-22(37-38-35)24(46-25)16-45-29(43)27-34(48-31(2,3)47-27)11-9-21-20-7-6-18-12-19(40)8-10-32(18,4)26(20)23(41)14-33(21,34)5/h8,10,12,15,20-27,41H,6-7,9,11,13-14,16H2,1-5H3,(H,36,42,44)/t20-,21-,22-,23-,24+,25+,26+,27-,32-,33-,34-/m0/s1. The lowest BCUT2D eigenvalue weighted by Crippen LogP contribution is -2.63. The van der Waals surface area contributed by atoms with Crippen LogP contribution in [-0.4, -0.2) is 68.8 Å². The number of ketones is 1. The summed E-state index contributed by atoms with van der Waals surface area (Å²) in [5.41, 5.74) is 7.33. The van der Waals surface area contributed by atoms with E-state index < -0.39 is 70.0 Å². The summed E-state index contributed by atoms with van der Waals surface area (Å²) < 4.78 is 26.2. The van der Waals surface area contributed by atoms with E-state index in [1.807, 2.05) is 6.08 Å². The van der Waals surface area contributed by atoms with Crippen molar-refractivity contribution in [2.75, 3.05) is 6.61 Å². The lowest BCUT2D eigenvalue weighted by Gasteiger charge is -2.60. The maximum absolute atomic E-state index is 14.1. The molecule has 0 bridgehead atoms. The topological polar surface area (TPSA) is 195 Å². The Morgan fingerprint density at radius 3 is 2.75 bits per heavy atom. The van der Waals surface area contributed by atoms with Crippen molar-refractivity contribution >= 4 is 11.8 Å². The minimum atomic E-state index is -1.10. The number of fused-ring (bicyclic) bond motifs is 6. The fourth-order valence-corrected chi connectivity index (χ4v) is 10.3. The van der Waals surface area contributed by atoms with Crippen molar-refractivity contribution in [1.29, 1.82) is 0 Å². The third kappa shape index (κ3) is 4.86. The molecule has 5 fully saturated rings. The predicted octanol–water partition coefficient (Wildman–Crippen LogP) is 3.52. The average Bonchev–Trinajstić information content (AvgIpc) is 3.64. The van der Waals surface area contributed by atoms with Crippen LogP contribution in [0.25, 0.3) is 10.4 Å². The number of hydrogen-bond acceptors (Lipinski definition) is 10. The Bertz CT molecular complexity index is 1780. The number of allylic oxidation sites excluding steroid dienone is 4. The Morgan fingerprint density at radius 1 is 1.23 bits per heavy atom. The van der Waals surface area contributed by atoms with Gasteiger partial charge in [0.15, 0.2) is 17.7 Å². The Morgan fingerprint density at radius 2 is 2.00 bits per heavy atom. The number of nitrogens with one attached hydrogen (secondary N) is 1. The van der Waals surface area contributed by atoms with E-state index in [2.05, 4.69) is 28.9 Å². The summed E-state index contributed by atoms with van der Waals surface area (Å²) >= 11 is 0. The van der Waals surface area contributed by atoms with Crippen LogP contribution in [0.1, 0.15) is 78.0 Å². The monoisotopic (exact) mass is 665 g/mol. The molecule has 0 unspecified atom stereocenters. The van der Waals surface area contributed by atoms with Gasteiger partial charge >= 0.3 is 11.7 Å². The molecule has 1 spiro atoms. The van der Waals surface area contributed by atoms with Gasteiger partial charge in [-0.2, -0.15) is 0 Å². The zero-order valence-electron chi connectivity index (χ0n) is 27.9. The highest BCUT2D eigenvalue weighted by molar-refractivity contribution is 6.01. The molecule has 0 aromatic carbocycles. The van der Waals surface area contributed by atoms with Crippen molar-refractivity contribution in [3.63, 3.8) is 0 Å². The van der Waals surface area contributed by atoms with Crippen LogP contribution >= 0.6 is 0 Å². The van der Waals surface area contributed by atoms with Gasteiger partial charge < -0.3 is 24.1 Å². The lowest BCUT2D eigenvalue weighted by molar-refractivity contribution is -0.210. The number of aliphatic hydroxyl groups excluding tert-OH is 1. The molecule has 0 amide bonds. The van der Waals surface area contributed by atoms with Gasteiger partial charge in [0.05, 0.1) is 12.1 Å². The second kappa shape index (κ2) is 11.2. The predicted molar refractivity (Wildman–Crippen MR) is 169 cm³/mol. The summed E-state index contributed by atoms with van der Waals surface area (Å²) in [4.78, 5) is 55.9. The molecule has 1 aromatic heterocycles. The van der Waals surface area contributed by atoms with Crippen LogP contribution in [0.4, 0.5) is 0 Å². The molecule has 14 nitrogen and oxygen atoms in total. The van der Waals surface area contributed by atoms with Gasteiger partial charge in [-0.15, -0.1) is 0 Å². The maximum atomic E-state index is 14.1. The third-order valence-corrected chi connectivity index (χ3v) is 12.4. The SMILES string of the molecule is Cc1cn([C@H]2C[C@H](N=[N+]=[N-])[C@@H](COC(=O)[C@@H]3OC(C)(C)O[C@@]34CC[C@H]3[C@@H]5CCC6=CC(=O)C=C[C@]6(C)[C@H]5[C@@H](O)C[C@@]34C)O2)c(=O)[nH]c1=O. The van der Waals surface area contributed by atoms with E-state index in [1.165, 1.54) is 10.8 Å². The number of nitrogens with zero attached hydrogens (tertiary/aromatic N) is 4. The molecule has 258 valence electrons. The molecule has 0 radical (unpaired) electrons. The second-order valence-corrected chi connectivity index (χ2v) is 15.4.